The highest BCUT2D eigenvalue weighted by Gasteiger charge is 2.28. The summed E-state index contributed by atoms with van der Waals surface area (Å²) >= 11 is 0. The molecule has 0 aliphatic heterocycles. The fraction of sp³-hybridized carbons (Fsp3) is 0.106. The standard InChI is InChI=1S/C47H40N4/c1-5-34-15-12-30-48-44(34)42(6-2)50(36-26-22-32(3)23-27-36)46-38-17-7-9-19-40(38)47(41-20-10-8-18-39(41)46)51(37-28-24-33(4)25-29-37)43-21-11-14-35-16-13-31-49-45(35)43/h6-31H,5H2,1-4H3/b42-6+. The number of hydrogen-bond acceptors (Lipinski definition) is 4. The Hall–Kier alpha value is -6.26. The Bertz CT molecular complexity index is 2490. The average Bonchev–Trinajstić information content (AvgIpc) is 3.18. The van der Waals surface area contributed by atoms with Gasteiger partial charge >= 0.3 is 0 Å². The first-order chi connectivity index (χ1) is 25.1. The van der Waals surface area contributed by atoms with Gasteiger partial charge in [-0.2, -0.15) is 0 Å². The molecule has 0 aliphatic carbocycles. The van der Waals surface area contributed by atoms with Crippen LogP contribution in [0.4, 0.5) is 28.4 Å². The van der Waals surface area contributed by atoms with Crippen molar-refractivity contribution in [2.24, 2.45) is 0 Å². The normalized spacial score (nSPS) is 11.7. The van der Waals surface area contributed by atoms with Crippen LogP contribution in [0, 0.1) is 13.8 Å². The SMILES string of the molecule is C/C=C(\c1ncccc1CC)N(c1ccc(C)cc1)c1c2ccccc2c(N(c2ccc(C)cc2)c2cccc3cccnc23)c2ccccc12. The molecule has 0 spiro atoms. The fourth-order valence-electron chi connectivity index (χ4n) is 7.32. The molecule has 6 aromatic carbocycles. The molecule has 2 heterocycles. The summed E-state index contributed by atoms with van der Waals surface area (Å²) in [4.78, 5) is 14.8. The molecule has 0 saturated heterocycles. The Morgan fingerprint density at radius 2 is 1.12 bits per heavy atom. The van der Waals surface area contributed by atoms with Crippen molar-refractivity contribution in [3.63, 3.8) is 0 Å². The molecule has 248 valence electrons. The van der Waals surface area contributed by atoms with E-state index in [1.54, 1.807) is 0 Å². The largest absolute Gasteiger partial charge is 0.307 e. The first-order valence-corrected chi connectivity index (χ1v) is 17.7. The van der Waals surface area contributed by atoms with Crippen molar-refractivity contribution in [1.29, 1.82) is 0 Å². The van der Waals surface area contributed by atoms with Gasteiger partial charge in [0.15, 0.2) is 0 Å². The molecule has 2 aromatic heterocycles. The fourth-order valence-corrected chi connectivity index (χ4v) is 7.32. The summed E-state index contributed by atoms with van der Waals surface area (Å²) in [5.41, 5.74) is 12.1. The average molecular weight is 661 g/mol. The van der Waals surface area contributed by atoms with E-state index in [2.05, 4.69) is 171 Å². The lowest BCUT2D eigenvalue weighted by Crippen LogP contribution is -2.19. The van der Waals surface area contributed by atoms with E-state index in [1.165, 1.54) is 16.7 Å². The minimum Gasteiger partial charge on any atom is -0.307 e. The first kappa shape index (κ1) is 32.0. The van der Waals surface area contributed by atoms with E-state index >= 15 is 0 Å². The number of allylic oxidation sites excluding steroid dienone is 1. The lowest BCUT2D eigenvalue weighted by Gasteiger charge is -2.34. The van der Waals surface area contributed by atoms with Crippen molar-refractivity contribution in [2.75, 3.05) is 9.80 Å². The minimum absolute atomic E-state index is 0.882. The molecule has 0 amide bonds. The Kier molecular flexibility index (Phi) is 8.51. The summed E-state index contributed by atoms with van der Waals surface area (Å²) in [6, 6.07) is 50.2. The van der Waals surface area contributed by atoms with Crippen LogP contribution in [-0.4, -0.2) is 9.97 Å². The van der Waals surface area contributed by atoms with Gasteiger partial charge < -0.3 is 9.80 Å². The molecule has 0 aliphatic rings. The first-order valence-electron chi connectivity index (χ1n) is 17.7. The second-order valence-corrected chi connectivity index (χ2v) is 13.0. The number of nitrogens with zero attached hydrogens (tertiary/aromatic N) is 4. The van der Waals surface area contributed by atoms with Gasteiger partial charge in [-0.25, -0.2) is 0 Å². The van der Waals surface area contributed by atoms with Crippen molar-refractivity contribution in [3.8, 4) is 0 Å². The van der Waals surface area contributed by atoms with Gasteiger partial charge in [-0.1, -0.05) is 121 Å². The monoisotopic (exact) mass is 660 g/mol. The van der Waals surface area contributed by atoms with Crippen molar-refractivity contribution < 1.29 is 0 Å². The third-order valence-corrected chi connectivity index (χ3v) is 9.79. The van der Waals surface area contributed by atoms with Gasteiger partial charge in [-0.3, -0.25) is 9.97 Å². The van der Waals surface area contributed by atoms with Crippen molar-refractivity contribution in [3.05, 3.63) is 180 Å². The van der Waals surface area contributed by atoms with Crippen LogP contribution < -0.4 is 9.80 Å². The molecule has 0 radical (unpaired) electrons. The molecule has 51 heavy (non-hydrogen) atoms. The number of hydrogen-bond donors (Lipinski definition) is 0. The second-order valence-electron chi connectivity index (χ2n) is 13.0. The van der Waals surface area contributed by atoms with Crippen LogP contribution in [0.5, 0.6) is 0 Å². The van der Waals surface area contributed by atoms with Crippen molar-refractivity contribution >= 4 is 66.6 Å². The summed E-state index contributed by atoms with van der Waals surface area (Å²) < 4.78 is 0. The Labute approximate surface area is 300 Å². The smallest absolute Gasteiger partial charge is 0.0942 e. The van der Waals surface area contributed by atoms with Gasteiger partial charge in [0, 0.05) is 50.7 Å². The number of aryl methyl sites for hydroxylation is 3. The number of pyridine rings is 2. The summed E-state index contributed by atoms with van der Waals surface area (Å²) in [6.07, 6.45) is 6.88. The topological polar surface area (TPSA) is 32.3 Å². The van der Waals surface area contributed by atoms with E-state index in [0.29, 0.717) is 0 Å². The quantitative estimate of drug-likeness (QED) is 0.120. The predicted molar refractivity (Wildman–Crippen MR) is 217 cm³/mol. The maximum absolute atomic E-state index is 5.01. The molecule has 0 N–H and O–H groups in total. The third kappa shape index (κ3) is 5.69. The lowest BCUT2D eigenvalue weighted by molar-refractivity contribution is 1.07. The van der Waals surface area contributed by atoms with Crippen LogP contribution in [0.2, 0.25) is 0 Å². The maximum Gasteiger partial charge on any atom is 0.0942 e. The Balaban J connectivity index is 1.51. The maximum atomic E-state index is 5.01. The van der Waals surface area contributed by atoms with Gasteiger partial charge in [0.05, 0.1) is 34.0 Å². The molecule has 8 rings (SSSR count). The number of rotatable bonds is 8. The van der Waals surface area contributed by atoms with Crippen LogP contribution in [0.15, 0.2) is 158 Å². The number of anilines is 5. The number of aromatic nitrogens is 2. The third-order valence-electron chi connectivity index (χ3n) is 9.79. The zero-order chi connectivity index (χ0) is 34.9. The summed E-state index contributed by atoms with van der Waals surface area (Å²) in [7, 11) is 0. The van der Waals surface area contributed by atoms with Crippen LogP contribution >= 0.6 is 0 Å². The van der Waals surface area contributed by atoms with Crippen LogP contribution in [-0.2, 0) is 6.42 Å². The van der Waals surface area contributed by atoms with E-state index < -0.39 is 0 Å². The van der Waals surface area contributed by atoms with E-state index in [9.17, 15) is 0 Å². The second kappa shape index (κ2) is 13.6. The molecule has 4 nitrogen and oxygen atoms in total. The van der Waals surface area contributed by atoms with Gasteiger partial charge in [-0.05, 0) is 75.2 Å². The van der Waals surface area contributed by atoms with E-state index in [1.807, 2.05) is 24.5 Å². The molecular formula is C47H40N4. The highest BCUT2D eigenvalue weighted by Crippen LogP contribution is 2.51. The summed E-state index contributed by atoms with van der Waals surface area (Å²) in [5.74, 6) is 0. The molecule has 8 aromatic rings. The number of para-hydroxylation sites is 1. The van der Waals surface area contributed by atoms with E-state index in [4.69, 9.17) is 9.97 Å². The van der Waals surface area contributed by atoms with E-state index in [-0.39, 0.29) is 0 Å². The van der Waals surface area contributed by atoms with Gasteiger partial charge in [0.1, 0.15) is 0 Å². The number of fused-ring (bicyclic) bond motifs is 3. The lowest BCUT2D eigenvalue weighted by atomic mass is 9.94. The molecular weight excluding hydrogens is 621 g/mol. The molecule has 0 saturated carbocycles. The van der Waals surface area contributed by atoms with Gasteiger partial charge in [0.2, 0.25) is 0 Å². The minimum atomic E-state index is 0.882. The molecule has 0 bridgehead atoms. The van der Waals surface area contributed by atoms with E-state index in [0.717, 1.165) is 78.7 Å². The Morgan fingerprint density at radius 1 is 0.569 bits per heavy atom. The van der Waals surface area contributed by atoms with Crippen LogP contribution in [0.1, 0.15) is 36.2 Å². The molecule has 4 heteroatoms. The number of benzene rings is 6. The zero-order valence-electron chi connectivity index (χ0n) is 29.5. The summed E-state index contributed by atoms with van der Waals surface area (Å²) in [6.45, 7) is 8.60. The van der Waals surface area contributed by atoms with Gasteiger partial charge in [-0.15, -0.1) is 0 Å². The Morgan fingerprint density at radius 3 is 1.73 bits per heavy atom. The zero-order valence-corrected chi connectivity index (χ0v) is 29.5. The highest BCUT2D eigenvalue weighted by molar-refractivity contribution is 6.24. The predicted octanol–water partition coefficient (Wildman–Crippen LogP) is 12.8. The van der Waals surface area contributed by atoms with Gasteiger partial charge in [0.25, 0.3) is 0 Å². The highest BCUT2D eigenvalue weighted by atomic mass is 15.2. The molecule has 0 unspecified atom stereocenters. The van der Waals surface area contributed by atoms with Crippen LogP contribution in [0.3, 0.4) is 0 Å². The molecule has 0 fully saturated rings. The van der Waals surface area contributed by atoms with Crippen LogP contribution in [0.25, 0.3) is 38.1 Å². The van der Waals surface area contributed by atoms with Crippen molar-refractivity contribution in [1.82, 2.24) is 9.97 Å². The van der Waals surface area contributed by atoms with Crippen molar-refractivity contribution in [2.45, 2.75) is 34.1 Å². The summed E-state index contributed by atoms with van der Waals surface area (Å²) in [5, 5.41) is 5.67. The molecule has 0 atom stereocenters.